The minimum atomic E-state index is -0.277. The van der Waals surface area contributed by atoms with Crippen LogP contribution in [0.5, 0.6) is 11.5 Å². The van der Waals surface area contributed by atoms with Crippen LogP contribution in [0.3, 0.4) is 0 Å². The Morgan fingerprint density at radius 3 is 2.38 bits per heavy atom. The van der Waals surface area contributed by atoms with E-state index in [1.165, 1.54) is 6.07 Å². The number of carbonyl (C=O) groups excluding carboxylic acids is 1. The van der Waals surface area contributed by atoms with Crippen molar-refractivity contribution in [3.63, 3.8) is 0 Å². The summed E-state index contributed by atoms with van der Waals surface area (Å²) in [5, 5.41) is 27.4. The van der Waals surface area contributed by atoms with Gasteiger partial charge in [-0.1, -0.05) is 12.1 Å². The van der Waals surface area contributed by atoms with Gasteiger partial charge in [-0.2, -0.15) is 0 Å². The molecule has 6 nitrogen and oxygen atoms in total. The first kappa shape index (κ1) is 14.5. The number of para-hydroxylation sites is 1. The van der Waals surface area contributed by atoms with E-state index in [1.807, 2.05) is 12.1 Å². The van der Waals surface area contributed by atoms with Crippen molar-refractivity contribution >= 4 is 17.4 Å². The number of aromatic hydroxyl groups is 2. The third kappa shape index (κ3) is 3.79. The van der Waals surface area contributed by atoms with Gasteiger partial charge < -0.3 is 26.2 Å². The summed E-state index contributed by atoms with van der Waals surface area (Å²) in [4.78, 5) is 11.2. The summed E-state index contributed by atoms with van der Waals surface area (Å²) in [6, 6.07) is 11.7. The van der Waals surface area contributed by atoms with Crippen LogP contribution in [-0.4, -0.2) is 23.3 Å². The Labute approximate surface area is 122 Å². The first-order valence-corrected chi connectivity index (χ1v) is 6.42. The lowest BCUT2D eigenvalue weighted by atomic mass is 10.2. The maximum absolute atomic E-state index is 11.2. The smallest absolute Gasteiger partial charge is 0.318 e. The van der Waals surface area contributed by atoms with Gasteiger partial charge in [-0.05, 0) is 30.3 Å². The van der Waals surface area contributed by atoms with Crippen molar-refractivity contribution in [2.45, 2.75) is 6.54 Å². The van der Waals surface area contributed by atoms with Gasteiger partial charge in [0.15, 0.2) is 11.5 Å². The molecule has 21 heavy (non-hydrogen) atoms. The van der Waals surface area contributed by atoms with Crippen LogP contribution >= 0.6 is 0 Å². The molecule has 0 spiro atoms. The van der Waals surface area contributed by atoms with Gasteiger partial charge in [0.25, 0.3) is 0 Å². The third-order valence-corrected chi connectivity index (χ3v) is 2.95. The first-order chi connectivity index (χ1) is 10.1. The molecule has 0 aliphatic rings. The molecule has 2 aromatic rings. The summed E-state index contributed by atoms with van der Waals surface area (Å²) >= 11 is 0. The highest BCUT2D eigenvalue weighted by atomic mass is 16.3. The molecular formula is C15H17N3O3. The van der Waals surface area contributed by atoms with Crippen molar-refractivity contribution in [2.24, 2.45) is 0 Å². The van der Waals surface area contributed by atoms with Gasteiger partial charge in [-0.25, -0.2) is 4.79 Å². The van der Waals surface area contributed by atoms with Gasteiger partial charge in [-0.3, -0.25) is 0 Å². The van der Waals surface area contributed by atoms with E-state index in [2.05, 4.69) is 16.0 Å². The van der Waals surface area contributed by atoms with E-state index in [0.717, 1.165) is 5.69 Å². The maximum atomic E-state index is 11.2. The summed E-state index contributed by atoms with van der Waals surface area (Å²) < 4.78 is 0. The average molecular weight is 287 g/mol. The van der Waals surface area contributed by atoms with E-state index in [-0.39, 0.29) is 17.5 Å². The molecule has 110 valence electrons. The zero-order valence-electron chi connectivity index (χ0n) is 11.6. The quantitative estimate of drug-likeness (QED) is 0.558. The monoisotopic (exact) mass is 287 g/mol. The predicted molar refractivity (Wildman–Crippen MR) is 81.6 cm³/mol. The van der Waals surface area contributed by atoms with Crippen molar-refractivity contribution in [3.05, 3.63) is 48.0 Å². The number of phenolic OH excluding ortho intramolecular Hbond substituents is 2. The van der Waals surface area contributed by atoms with Gasteiger partial charge >= 0.3 is 6.03 Å². The maximum Gasteiger partial charge on any atom is 0.318 e. The Balaban J connectivity index is 1.97. The molecule has 0 bridgehead atoms. The molecule has 2 amide bonds. The number of benzene rings is 2. The standard InChI is InChI=1S/C15H17N3O3/c1-16-15(21)18-12-7-5-11(6-8-12)17-9-10-3-2-4-13(19)14(10)20/h2-8,17,19-20H,9H2,1H3,(H2,16,18,21). The highest BCUT2D eigenvalue weighted by Gasteiger charge is 2.05. The molecule has 0 saturated carbocycles. The van der Waals surface area contributed by atoms with Gasteiger partial charge in [0, 0.05) is 30.5 Å². The van der Waals surface area contributed by atoms with E-state index < -0.39 is 0 Å². The van der Waals surface area contributed by atoms with Crippen LogP contribution in [0.4, 0.5) is 16.2 Å². The van der Waals surface area contributed by atoms with Crippen LogP contribution in [-0.2, 0) is 6.54 Å². The molecular weight excluding hydrogens is 270 g/mol. The largest absolute Gasteiger partial charge is 0.504 e. The summed E-state index contributed by atoms with van der Waals surface area (Å²) in [5.41, 5.74) is 2.11. The molecule has 0 aliphatic carbocycles. The lowest BCUT2D eigenvalue weighted by molar-refractivity contribution is 0.254. The predicted octanol–water partition coefficient (Wildman–Crippen LogP) is 2.46. The summed E-state index contributed by atoms with van der Waals surface area (Å²) in [7, 11) is 1.55. The van der Waals surface area contributed by atoms with Crippen molar-refractivity contribution in [2.75, 3.05) is 17.7 Å². The summed E-state index contributed by atoms with van der Waals surface area (Å²) in [6.45, 7) is 0.377. The number of hydrogen-bond acceptors (Lipinski definition) is 4. The van der Waals surface area contributed by atoms with Crippen LogP contribution < -0.4 is 16.0 Å². The molecule has 0 radical (unpaired) electrons. The summed E-state index contributed by atoms with van der Waals surface area (Å²) in [6.07, 6.45) is 0. The number of urea groups is 1. The first-order valence-electron chi connectivity index (χ1n) is 6.42. The Morgan fingerprint density at radius 1 is 1.05 bits per heavy atom. The Bertz CT molecular complexity index is 627. The number of carbonyl (C=O) groups is 1. The molecule has 0 saturated heterocycles. The zero-order chi connectivity index (χ0) is 15.2. The van der Waals surface area contributed by atoms with Crippen LogP contribution in [0.1, 0.15) is 5.56 Å². The number of phenols is 2. The van der Waals surface area contributed by atoms with Gasteiger partial charge in [0.1, 0.15) is 0 Å². The molecule has 0 aliphatic heterocycles. The number of hydrogen-bond donors (Lipinski definition) is 5. The Morgan fingerprint density at radius 2 is 1.71 bits per heavy atom. The Kier molecular flexibility index (Phi) is 4.50. The molecule has 0 atom stereocenters. The highest BCUT2D eigenvalue weighted by molar-refractivity contribution is 5.89. The van der Waals surface area contributed by atoms with Crippen molar-refractivity contribution in [3.8, 4) is 11.5 Å². The molecule has 0 heterocycles. The van der Waals surface area contributed by atoms with Gasteiger partial charge in [-0.15, -0.1) is 0 Å². The van der Waals surface area contributed by atoms with Crippen molar-refractivity contribution in [1.82, 2.24) is 5.32 Å². The highest BCUT2D eigenvalue weighted by Crippen LogP contribution is 2.28. The second kappa shape index (κ2) is 6.51. The number of nitrogens with one attached hydrogen (secondary N) is 3. The molecule has 0 fully saturated rings. The van der Waals surface area contributed by atoms with Crippen LogP contribution in [0, 0.1) is 0 Å². The van der Waals surface area contributed by atoms with E-state index in [9.17, 15) is 15.0 Å². The fraction of sp³-hybridized carbons (Fsp3) is 0.133. The van der Waals surface area contributed by atoms with Gasteiger partial charge in [0.05, 0.1) is 0 Å². The lowest BCUT2D eigenvalue weighted by Crippen LogP contribution is -2.24. The lowest BCUT2D eigenvalue weighted by Gasteiger charge is -2.10. The second-order valence-electron chi connectivity index (χ2n) is 4.42. The van der Waals surface area contributed by atoms with Crippen LogP contribution in [0.15, 0.2) is 42.5 Å². The average Bonchev–Trinajstić information content (AvgIpc) is 2.50. The number of anilines is 2. The van der Waals surface area contributed by atoms with Crippen LogP contribution in [0.25, 0.3) is 0 Å². The number of rotatable bonds is 4. The molecule has 0 unspecified atom stereocenters. The van der Waals surface area contributed by atoms with Crippen molar-refractivity contribution in [1.29, 1.82) is 0 Å². The SMILES string of the molecule is CNC(=O)Nc1ccc(NCc2cccc(O)c2O)cc1. The molecule has 5 N–H and O–H groups in total. The normalized spacial score (nSPS) is 9.95. The van der Waals surface area contributed by atoms with E-state index in [1.54, 1.807) is 31.3 Å². The molecule has 0 aromatic heterocycles. The Hall–Kier alpha value is -2.89. The third-order valence-electron chi connectivity index (χ3n) is 2.95. The van der Waals surface area contributed by atoms with Gasteiger partial charge in [0.2, 0.25) is 0 Å². The van der Waals surface area contributed by atoms with Crippen LogP contribution in [0.2, 0.25) is 0 Å². The van der Waals surface area contributed by atoms with Crippen molar-refractivity contribution < 1.29 is 15.0 Å². The second-order valence-corrected chi connectivity index (χ2v) is 4.42. The van der Waals surface area contributed by atoms with E-state index in [0.29, 0.717) is 17.8 Å². The topological polar surface area (TPSA) is 93.6 Å². The van der Waals surface area contributed by atoms with E-state index in [4.69, 9.17) is 0 Å². The fourth-order valence-corrected chi connectivity index (χ4v) is 1.78. The zero-order valence-corrected chi connectivity index (χ0v) is 11.6. The molecule has 6 heteroatoms. The summed E-state index contributed by atoms with van der Waals surface area (Å²) in [5.74, 6) is -0.262. The fourth-order valence-electron chi connectivity index (χ4n) is 1.78. The minimum absolute atomic E-state index is 0.122. The molecule has 2 rings (SSSR count). The van der Waals surface area contributed by atoms with E-state index >= 15 is 0 Å². The molecule has 2 aromatic carbocycles. The minimum Gasteiger partial charge on any atom is -0.504 e. The number of amides is 2.